The maximum absolute atomic E-state index is 15.1. The number of allylic oxidation sites excluding steroid dienone is 1. The lowest BCUT2D eigenvalue weighted by Gasteiger charge is -2.19. The van der Waals surface area contributed by atoms with Crippen molar-refractivity contribution in [3.63, 3.8) is 0 Å². The zero-order chi connectivity index (χ0) is 34.8. The van der Waals surface area contributed by atoms with E-state index in [-0.39, 0.29) is 17.7 Å². The van der Waals surface area contributed by atoms with E-state index < -0.39 is 11.2 Å². The Morgan fingerprint density at radius 2 is 1.81 bits per heavy atom. The van der Waals surface area contributed by atoms with Gasteiger partial charge >= 0.3 is 0 Å². The van der Waals surface area contributed by atoms with Crippen molar-refractivity contribution in [3.05, 3.63) is 73.5 Å². The Morgan fingerprint density at radius 3 is 2.38 bits per heavy atom. The van der Waals surface area contributed by atoms with Gasteiger partial charge in [-0.05, 0) is 70.5 Å². The molecule has 1 unspecified atom stereocenters. The van der Waals surface area contributed by atoms with Gasteiger partial charge in [-0.15, -0.1) is 6.58 Å². The number of nitrogens with zero attached hydrogens (tertiary/aromatic N) is 2. The lowest BCUT2D eigenvalue weighted by molar-refractivity contribution is -0.121. The van der Waals surface area contributed by atoms with Crippen molar-refractivity contribution < 1.29 is 27.8 Å². The first kappa shape index (κ1) is 39.2. The fourth-order valence-corrected chi connectivity index (χ4v) is 4.62. The topological polar surface area (TPSA) is 85.0 Å². The predicted molar refractivity (Wildman–Crippen MR) is 188 cm³/mol. The third kappa shape index (κ3) is 11.6. The van der Waals surface area contributed by atoms with Gasteiger partial charge in [0.1, 0.15) is 5.75 Å². The van der Waals surface area contributed by atoms with Crippen molar-refractivity contribution in [1.82, 2.24) is 15.2 Å². The van der Waals surface area contributed by atoms with Gasteiger partial charge in [-0.2, -0.15) is 0 Å². The quantitative estimate of drug-likeness (QED) is 0.118. The SMILES string of the molecule is C/C=C/F.C=CC(C)NCC1(C(=O)Nc2ccc(Oc3ccnc4cc(OCCCN(CC)CC)c(OC)cc34)c(F)c2)CC1.CC. The molecule has 2 aromatic carbocycles. The van der Waals surface area contributed by atoms with E-state index in [4.69, 9.17) is 14.2 Å². The zero-order valence-corrected chi connectivity index (χ0v) is 29.0. The molecule has 1 aromatic heterocycles. The van der Waals surface area contributed by atoms with Crippen LogP contribution < -0.4 is 24.8 Å². The Balaban J connectivity index is 0.00000119. The number of aromatic nitrogens is 1. The Labute approximate surface area is 279 Å². The number of rotatable bonds is 16. The lowest BCUT2D eigenvalue weighted by Crippen LogP contribution is -2.37. The third-order valence-electron chi connectivity index (χ3n) is 7.74. The summed E-state index contributed by atoms with van der Waals surface area (Å²) in [6.45, 7) is 19.7. The molecule has 47 heavy (non-hydrogen) atoms. The molecule has 8 nitrogen and oxygen atoms in total. The van der Waals surface area contributed by atoms with Crippen LogP contribution in [0.5, 0.6) is 23.0 Å². The highest BCUT2D eigenvalue weighted by Crippen LogP contribution is 2.46. The van der Waals surface area contributed by atoms with E-state index in [1.807, 2.05) is 26.8 Å². The van der Waals surface area contributed by atoms with E-state index in [0.717, 1.165) is 38.9 Å². The van der Waals surface area contributed by atoms with Crippen molar-refractivity contribution >= 4 is 22.5 Å². The van der Waals surface area contributed by atoms with Crippen LogP contribution >= 0.6 is 0 Å². The summed E-state index contributed by atoms with van der Waals surface area (Å²) in [6, 6.07) is 9.82. The standard InChI is InChI=1S/C32H41FN4O4.C3H5F.C2H6/c1-6-22(4)35-21-32(13-14-32)31(38)36-23-10-11-28(25(33)18-23)41-27-12-15-34-26-20-30(29(39-5)19-24(26)27)40-17-9-16-37(7-2)8-3;1-2-3-4;1-2/h6,10-12,15,18-20,22,35H,1,7-9,13-14,16-17,21H2,2-5H3,(H,36,38);2-3H,1H3;1-2H3/b;3-2+;. The molecule has 1 amide bonds. The van der Waals surface area contributed by atoms with Gasteiger partial charge in [-0.25, -0.2) is 8.78 Å². The first-order valence-electron chi connectivity index (χ1n) is 16.4. The van der Waals surface area contributed by atoms with Crippen LogP contribution in [0.4, 0.5) is 14.5 Å². The minimum absolute atomic E-state index is 0.0359. The number of anilines is 1. The summed E-state index contributed by atoms with van der Waals surface area (Å²) in [5.41, 5.74) is 0.554. The van der Waals surface area contributed by atoms with Gasteiger partial charge in [-0.3, -0.25) is 9.78 Å². The third-order valence-corrected chi connectivity index (χ3v) is 7.74. The zero-order valence-electron chi connectivity index (χ0n) is 29.0. The summed E-state index contributed by atoms with van der Waals surface area (Å²) in [6.07, 6.45) is 7.72. The summed E-state index contributed by atoms with van der Waals surface area (Å²) in [4.78, 5) is 19.7. The number of hydrogen-bond donors (Lipinski definition) is 2. The molecule has 1 aliphatic carbocycles. The molecule has 1 atom stereocenters. The molecule has 0 spiro atoms. The van der Waals surface area contributed by atoms with Gasteiger partial charge in [0.05, 0.1) is 31.0 Å². The molecule has 258 valence electrons. The molecule has 4 rings (SSSR count). The number of methoxy groups -OCH3 is 1. The number of amides is 1. The molecule has 2 N–H and O–H groups in total. The first-order chi connectivity index (χ1) is 22.7. The summed E-state index contributed by atoms with van der Waals surface area (Å²) in [5.74, 6) is 0.898. The molecule has 1 heterocycles. The molecule has 1 saturated carbocycles. The lowest BCUT2D eigenvalue weighted by atomic mass is 10.1. The molecular formula is C37H52F2N4O4. The predicted octanol–water partition coefficient (Wildman–Crippen LogP) is 8.68. The van der Waals surface area contributed by atoms with Gasteiger partial charge in [0.25, 0.3) is 0 Å². The molecular weight excluding hydrogens is 602 g/mol. The molecule has 0 aliphatic heterocycles. The molecule has 3 aromatic rings. The van der Waals surface area contributed by atoms with E-state index in [9.17, 15) is 9.18 Å². The van der Waals surface area contributed by atoms with E-state index in [0.29, 0.717) is 53.3 Å². The van der Waals surface area contributed by atoms with E-state index in [1.54, 1.807) is 44.5 Å². The van der Waals surface area contributed by atoms with Crippen molar-refractivity contribution in [2.75, 3.05) is 45.2 Å². The number of nitrogens with one attached hydrogen (secondary N) is 2. The van der Waals surface area contributed by atoms with Crippen LogP contribution in [0.2, 0.25) is 0 Å². The number of ether oxygens (including phenoxy) is 3. The average molecular weight is 655 g/mol. The molecule has 0 bridgehead atoms. The Bertz CT molecular complexity index is 1440. The highest BCUT2D eigenvalue weighted by atomic mass is 19.1. The number of carbonyl (C=O) groups excluding carboxylic acids is 1. The second-order valence-corrected chi connectivity index (χ2v) is 10.9. The van der Waals surface area contributed by atoms with Crippen LogP contribution in [-0.4, -0.2) is 61.7 Å². The van der Waals surface area contributed by atoms with Crippen molar-refractivity contribution in [2.24, 2.45) is 5.41 Å². The van der Waals surface area contributed by atoms with Crippen LogP contribution in [0.15, 0.2) is 67.7 Å². The highest BCUT2D eigenvalue weighted by molar-refractivity contribution is 5.97. The Morgan fingerprint density at radius 1 is 1.11 bits per heavy atom. The molecule has 0 radical (unpaired) electrons. The smallest absolute Gasteiger partial charge is 0.231 e. The number of hydrogen-bond acceptors (Lipinski definition) is 7. The number of carbonyl (C=O) groups is 1. The Kier molecular flexibility index (Phi) is 16.9. The summed E-state index contributed by atoms with van der Waals surface area (Å²) in [7, 11) is 1.58. The second kappa shape index (κ2) is 20.3. The average Bonchev–Trinajstić information content (AvgIpc) is 3.90. The second-order valence-electron chi connectivity index (χ2n) is 10.9. The molecule has 1 aliphatic rings. The number of pyridine rings is 1. The fraction of sp³-hybridized carbons (Fsp3) is 0.459. The summed E-state index contributed by atoms with van der Waals surface area (Å²) >= 11 is 0. The van der Waals surface area contributed by atoms with Gasteiger partial charge in [0.15, 0.2) is 23.1 Å². The number of benzene rings is 2. The maximum atomic E-state index is 15.1. The first-order valence-corrected chi connectivity index (χ1v) is 16.4. The molecule has 1 fully saturated rings. The van der Waals surface area contributed by atoms with Crippen LogP contribution in [-0.2, 0) is 4.79 Å². The number of fused-ring (bicyclic) bond motifs is 1. The van der Waals surface area contributed by atoms with Crippen LogP contribution in [0.3, 0.4) is 0 Å². The van der Waals surface area contributed by atoms with Crippen molar-refractivity contribution in [3.8, 4) is 23.0 Å². The largest absolute Gasteiger partial charge is 0.493 e. The molecule has 0 saturated heterocycles. The van der Waals surface area contributed by atoms with Crippen molar-refractivity contribution in [2.45, 2.75) is 66.8 Å². The minimum Gasteiger partial charge on any atom is -0.493 e. The summed E-state index contributed by atoms with van der Waals surface area (Å²) in [5, 5.41) is 6.82. The van der Waals surface area contributed by atoms with Gasteiger partial charge in [0, 0.05) is 48.5 Å². The van der Waals surface area contributed by atoms with Crippen LogP contribution in [0, 0.1) is 11.2 Å². The summed E-state index contributed by atoms with van der Waals surface area (Å²) < 4.78 is 43.3. The van der Waals surface area contributed by atoms with Gasteiger partial charge in [0.2, 0.25) is 5.91 Å². The van der Waals surface area contributed by atoms with E-state index >= 15 is 4.39 Å². The Hall–Kier alpha value is -4.02. The van der Waals surface area contributed by atoms with Gasteiger partial charge < -0.3 is 29.7 Å². The number of halogens is 2. The maximum Gasteiger partial charge on any atom is 0.231 e. The van der Waals surface area contributed by atoms with E-state index in [2.05, 4.69) is 40.9 Å². The van der Waals surface area contributed by atoms with Crippen LogP contribution in [0.1, 0.15) is 60.8 Å². The fourth-order valence-electron chi connectivity index (χ4n) is 4.62. The highest BCUT2D eigenvalue weighted by Gasteiger charge is 2.49. The van der Waals surface area contributed by atoms with Gasteiger partial charge in [-0.1, -0.05) is 39.8 Å². The monoisotopic (exact) mass is 654 g/mol. The minimum atomic E-state index is -0.587. The van der Waals surface area contributed by atoms with Crippen LogP contribution in [0.25, 0.3) is 10.9 Å². The normalized spacial score (nSPS) is 13.6. The van der Waals surface area contributed by atoms with E-state index in [1.165, 1.54) is 18.2 Å². The van der Waals surface area contributed by atoms with Crippen molar-refractivity contribution in [1.29, 1.82) is 0 Å². The molecule has 10 heteroatoms.